The summed E-state index contributed by atoms with van der Waals surface area (Å²) in [6.45, 7) is 10.5. The van der Waals surface area contributed by atoms with Gasteiger partial charge >= 0.3 is 0 Å². The minimum Gasteiger partial charge on any atom is -0.380 e. The van der Waals surface area contributed by atoms with Gasteiger partial charge in [-0.3, -0.25) is 0 Å². The molecule has 5 atom stereocenters. The molecule has 20 heavy (non-hydrogen) atoms. The SMILES string of the molecule is COC1CN(CC2CC(C(C)C)CCC2N)CCC1C. The van der Waals surface area contributed by atoms with Gasteiger partial charge in [0, 0.05) is 26.2 Å². The number of likely N-dealkylation sites (tertiary alicyclic amines) is 1. The highest BCUT2D eigenvalue weighted by Crippen LogP contribution is 2.34. The highest BCUT2D eigenvalue weighted by atomic mass is 16.5. The number of hydrogen-bond acceptors (Lipinski definition) is 3. The van der Waals surface area contributed by atoms with E-state index in [0.29, 0.717) is 24.0 Å². The van der Waals surface area contributed by atoms with Gasteiger partial charge in [0.2, 0.25) is 0 Å². The van der Waals surface area contributed by atoms with Gasteiger partial charge < -0.3 is 15.4 Å². The minimum absolute atomic E-state index is 0.407. The van der Waals surface area contributed by atoms with Crippen LogP contribution in [0.2, 0.25) is 0 Å². The van der Waals surface area contributed by atoms with Gasteiger partial charge in [-0.25, -0.2) is 0 Å². The van der Waals surface area contributed by atoms with Crippen LogP contribution in [0.1, 0.15) is 46.5 Å². The van der Waals surface area contributed by atoms with Gasteiger partial charge in [0.15, 0.2) is 0 Å². The first kappa shape index (κ1) is 16.3. The van der Waals surface area contributed by atoms with Crippen LogP contribution in [0.5, 0.6) is 0 Å². The largest absolute Gasteiger partial charge is 0.380 e. The molecule has 1 saturated carbocycles. The second kappa shape index (κ2) is 7.24. The predicted octanol–water partition coefficient (Wildman–Crippen LogP) is 2.74. The highest BCUT2D eigenvalue weighted by molar-refractivity contribution is 4.87. The summed E-state index contributed by atoms with van der Waals surface area (Å²) in [5.41, 5.74) is 6.40. The molecule has 2 rings (SSSR count). The predicted molar refractivity (Wildman–Crippen MR) is 84.7 cm³/mol. The zero-order valence-electron chi connectivity index (χ0n) is 13.8. The van der Waals surface area contributed by atoms with Crippen LogP contribution < -0.4 is 5.73 Å². The Labute approximate surface area is 125 Å². The van der Waals surface area contributed by atoms with Gasteiger partial charge in [-0.15, -0.1) is 0 Å². The Kier molecular flexibility index (Phi) is 5.88. The van der Waals surface area contributed by atoms with E-state index in [4.69, 9.17) is 10.5 Å². The third-order valence-electron chi connectivity index (χ3n) is 5.79. The average molecular weight is 282 g/mol. The summed E-state index contributed by atoms with van der Waals surface area (Å²) in [7, 11) is 1.85. The molecule has 3 nitrogen and oxygen atoms in total. The molecule has 1 saturated heterocycles. The van der Waals surface area contributed by atoms with E-state index in [1.54, 1.807) is 0 Å². The number of piperidine rings is 1. The van der Waals surface area contributed by atoms with E-state index < -0.39 is 0 Å². The normalized spacial score (nSPS) is 40.2. The van der Waals surface area contributed by atoms with Gasteiger partial charge in [-0.2, -0.15) is 0 Å². The van der Waals surface area contributed by atoms with Gasteiger partial charge in [-0.1, -0.05) is 20.8 Å². The van der Waals surface area contributed by atoms with Crippen LogP contribution in [0.15, 0.2) is 0 Å². The molecule has 3 heteroatoms. The molecule has 0 spiro atoms. The van der Waals surface area contributed by atoms with Crippen molar-refractivity contribution in [3.8, 4) is 0 Å². The number of ether oxygens (including phenoxy) is 1. The lowest BCUT2D eigenvalue weighted by atomic mass is 9.73. The van der Waals surface area contributed by atoms with Crippen molar-refractivity contribution in [3.05, 3.63) is 0 Å². The summed E-state index contributed by atoms with van der Waals surface area (Å²) in [5.74, 6) is 3.06. The molecule has 0 aromatic heterocycles. The molecule has 1 aliphatic heterocycles. The summed E-state index contributed by atoms with van der Waals surface area (Å²) in [4.78, 5) is 2.60. The zero-order valence-corrected chi connectivity index (χ0v) is 13.8. The van der Waals surface area contributed by atoms with Crippen LogP contribution in [-0.4, -0.2) is 43.8 Å². The van der Waals surface area contributed by atoms with E-state index in [1.807, 2.05) is 7.11 Å². The zero-order chi connectivity index (χ0) is 14.7. The summed E-state index contributed by atoms with van der Waals surface area (Å²) in [5, 5.41) is 0. The fraction of sp³-hybridized carbons (Fsp3) is 1.00. The maximum absolute atomic E-state index is 6.40. The van der Waals surface area contributed by atoms with Crippen molar-refractivity contribution in [1.29, 1.82) is 0 Å². The molecule has 0 amide bonds. The molecule has 2 aliphatic rings. The first-order valence-electron chi connectivity index (χ1n) is 8.52. The third-order valence-corrected chi connectivity index (χ3v) is 5.79. The molecule has 0 aromatic carbocycles. The topological polar surface area (TPSA) is 38.5 Å². The average Bonchev–Trinajstić information content (AvgIpc) is 2.43. The van der Waals surface area contributed by atoms with E-state index in [1.165, 1.54) is 38.8 Å². The lowest BCUT2D eigenvalue weighted by molar-refractivity contribution is -0.0138. The molecule has 2 fully saturated rings. The van der Waals surface area contributed by atoms with Crippen LogP contribution in [0, 0.1) is 23.7 Å². The number of hydrogen-bond donors (Lipinski definition) is 1. The summed E-state index contributed by atoms with van der Waals surface area (Å²) in [6, 6.07) is 0.408. The lowest BCUT2D eigenvalue weighted by Crippen LogP contribution is -2.49. The van der Waals surface area contributed by atoms with Crippen molar-refractivity contribution in [2.24, 2.45) is 29.4 Å². The Morgan fingerprint density at radius 2 is 2.00 bits per heavy atom. The third kappa shape index (κ3) is 3.96. The van der Waals surface area contributed by atoms with Crippen LogP contribution >= 0.6 is 0 Å². The van der Waals surface area contributed by atoms with E-state index in [2.05, 4.69) is 25.7 Å². The van der Waals surface area contributed by atoms with E-state index in [-0.39, 0.29) is 0 Å². The monoisotopic (exact) mass is 282 g/mol. The molecule has 0 radical (unpaired) electrons. The van der Waals surface area contributed by atoms with Crippen LogP contribution in [0.3, 0.4) is 0 Å². The molecular formula is C17H34N2O. The molecule has 0 bridgehead atoms. The Morgan fingerprint density at radius 3 is 2.65 bits per heavy atom. The lowest BCUT2D eigenvalue weighted by Gasteiger charge is -2.42. The van der Waals surface area contributed by atoms with Crippen LogP contribution in [0.25, 0.3) is 0 Å². The number of methoxy groups -OCH3 is 1. The Balaban J connectivity index is 1.88. The van der Waals surface area contributed by atoms with Crippen molar-refractivity contribution in [2.75, 3.05) is 26.7 Å². The number of rotatable bonds is 4. The molecule has 1 heterocycles. The Bertz CT molecular complexity index is 295. The molecule has 0 aromatic rings. The van der Waals surface area contributed by atoms with Gasteiger partial charge in [0.25, 0.3) is 0 Å². The fourth-order valence-corrected chi connectivity index (χ4v) is 4.04. The van der Waals surface area contributed by atoms with Crippen molar-refractivity contribution < 1.29 is 4.74 Å². The fourth-order valence-electron chi connectivity index (χ4n) is 4.04. The number of nitrogens with zero attached hydrogens (tertiary/aromatic N) is 1. The molecular weight excluding hydrogens is 248 g/mol. The van der Waals surface area contributed by atoms with E-state index >= 15 is 0 Å². The van der Waals surface area contributed by atoms with Crippen molar-refractivity contribution >= 4 is 0 Å². The van der Waals surface area contributed by atoms with Gasteiger partial charge in [0.1, 0.15) is 0 Å². The first-order chi connectivity index (χ1) is 9.51. The Hall–Kier alpha value is -0.120. The van der Waals surface area contributed by atoms with Crippen LogP contribution in [-0.2, 0) is 4.74 Å². The summed E-state index contributed by atoms with van der Waals surface area (Å²) < 4.78 is 5.64. The van der Waals surface area contributed by atoms with Gasteiger partial charge in [0.05, 0.1) is 6.10 Å². The summed E-state index contributed by atoms with van der Waals surface area (Å²) >= 11 is 0. The smallest absolute Gasteiger partial charge is 0.0724 e. The standard InChI is InChI=1S/C17H34N2O/c1-12(2)14-5-6-16(18)15(9-14)10-19-8-7-13(3)17(11-19)20-4/h12-17H,5-11,18H2,1-4H3. The molecule has 2 N–H and O–H groups in total. The van der Waals surface area contributed by atoms with Crippen LogP contribution in [0.4, 0.5) is 0 Å². The highest BCUT2D eigenvalue weighted by Gasteiger charge is 2.33. The quantitative estimate of drug-likeness (QED) is 0.861. The Morgan fingerprint density at radius 1 is 1.25 bits per heavy atom. The molecule has 118 valence electrons. The van der Waals surface area contributed by atoms with Gasteiger partial charge in [-0.05, 0) is 55.9 Å². The number of nitrogens with two attached hydrogens (primary N) is 1. The van der Waals surface area contributed by atoms with E-state index in [0.717, 1.165) is 18.4 Å². The van der Waals surface area contributed by atoms with E-state index in [9.17, 15) is 0 Å². The van der Waals surface area contributed by atoms with Crippen molar-refractivity contribution in [3.63, 3.8) is 0 Å². The molecule has 1 aliphatic carbocycles. The maximum atomic E-state index is 6.40. The molecule has 5 unspecified atom stereocenters. The summed E-state index contributed by atoms with van der Waals surface area (Å²) in [6.07, 6.45) is 5.53. The minimum atomic E-state index is 0.407. The van der Waals surface area contributed by atoms with Crippen molar-refractivity contribution in [2.45, 2.75) is 58.6 Å². The van der Waals surface area contributed by atoms with Crippen molar-refractivity contribution in [1.82, 2.24) is 4.90 Å². The second-order valence-corrected chi connectivity index (χ2v) is 7.54. The first-order valence-corrected chi connectivity index (χ1v) is 8.52. The second-order valence-electron chi connectivity index (χ2n) is 7.54. The maximum Gasteiger partial charge on any atom is 0.0724 e.